The number of aromatic hydroxyl groups is 1. The Morgan fingerprint density at radius 3 is 3.05 bits per heavy atom. The van der Waals surface area contributed by atoms with E-state index in [2.05, 4.69) is 9.82 Å². The van der Waals surface area contributed by atoms with Gasteiger partial charge in [0.2, 0.25) is 5.88 Å². The highest BCUT2D eigenvalue weighted by Crippen LogP contribution is 2.31. The summed E-state index contributed by atoms with van der Waals surface area (Å²) in [5, 5.41) is 13.6. The van der Waals surface area contributed by atoms with Gasteiger partial charge >= 0.3 is 0 Å². The van der Waals surface area contributed by atoms with Crippen LogP contribution in [0.25, 0.3) is 0 Å². The summed E-state index contributed by atoms with van der Waals surface area (Å²) in [7, 11) is -3.90. The van der Waals surface area contributed by atoms with Gasteiger partial charge in [-0.05, 0) is 12.1 Å². The predicted molar refractivity (Wildman–Crippen MR) is 76.3 cm³/mol. The number of sulfonamides is 1. The second-order valence-electron chi connectivity index (χ2n) is 4.51. The van der Waals surface area contributed by atoms with Crippen LogP contribution in [0.3, 0.4) is 0 Å². The average molecular weight is 330 g/mol. The molecule has 1 aromatic carbocycles. The molecule has 21 heavy (non-hydrogen) atoms. The highest BCUT2D eigenvalue weighted by atomic mass is 35.5. The van der Waals surface area contributed by atoms with Gasteiger partial charge in [-0.25, -0.2) is 13.1 Å². The monoisotopic (exact) mass is 329 g/mol. The Hall–Kier alpha value is -1.93. The molecule has 2 heterocycles. The summed E-state index contributed by atoms with van der Waals surface area (Å²) in [6.07, 6.45) is 2.01. The van der Waals surface area contributed by atoms with Crippen molar-refractivity contribution < 1.29 is 18.3 Å². The fourth-order valence-corrected chi connectivity index (χ4v) is 3.39. The van der Waals surface area contributed by atoms with Gasteiger partial charge in [0.25, 0.3) is 10.0 Å². The third-order valence-corrected chi connectivity index (χ3v) is 4.67. The van der Waals surface area contributed by atoms with Crippen molar-refractivity contribution in [1.82, 2.24) is 9.78 Å². The number of phenols is 1. The van der Waals surface area contributed by atoms with Crippen LogP contribution in [0.5, 0.6) is 11.6 Å². The molecule has 0 spiro atoms. The molecule has 2 N–H and O–H groups in total. The molecule has 1 aliphatic rings. The smallest absolute Gasteiger partial charge is 0.268 e. The number of halogens is 1. The number of nitrogens with zero attached hydrogens (tertiary/aromatic N) is 2. The number of aryl methyl sites for hydroxylation is 1. The Balaban J connectivity index is 1.98. The van der Waals surface area contributed by atoms with Crippen LogP contribution in [0.4, 0.5) is 5.69 Å². The molecule has 7 nitrogen and oxygen atoms in total. The quantitative estimate of drug-likeness (QED) is 0.896. The lowest BCUT2D eigenvalue weighted by atomic mass is 10.3. The lowest BCUT2D eigenvalue weighted by Crippen LogP contribution is -2.18. The van der Waals surface area contributed by atoms with E-state index in [0.717, 1.165) is 6.42 Å². The largest absolute Gasteiger partial charge is 0.508 e. The van der Waals surface area contributed by atoms with Crippen molar-refractivity contribution in [2.24, 2.45) is 0 Å². The van der Waals surface area contributed by atoms with E-state index >= 15 is 0 Å². The van der Waals surface area contributed by atoms with Gasteiger partial charge in [-0.2, -0.15) is 5.10 Å². The van der Waals surface area contributed by atoms with E-state index in [9.17, 15) is 13.5 Å². The van der Waals surface area contributed by atoms with Crippen LogP contribution in [0.15, 0.2) is 29.3 Å². The molecule has 112 valence electrons. The Labute approximate surface area is 126 Å². The highest BCUT2D eigenvalue weighted by Gasteiger charge is 2.27. The van der Waals surface area contributed by atoms with E-state index in [0.29, 0.717) is 13.2 Å². The first-order chi connectivity index (χ1) is 9.97. The maximum atomic E-state index is 12.4. The number of hydrogen-bond donors (Lipinski definition) is 2. The maximum absolute atomic E-state index is 12.4. The van der Waals surface area contributed by atoms with Crippen LogP contribution in [-0.4, -0.2) is 29.9 Å². The number of phenolic OH excluding ortho intramolecular Hbond substituents is 1. The van der Waals surface area contributed by atoms with Crippen LogP contribution in [-0.2, 0) is 16.6 Å². The first kappa shape index (κ1) is 14.0. The van der Waals surface area contributed by atoms with Gasteiger partial charge in [-0.1, -0.05) is 11.6 Å². The molecule has 3 rings (SSSR count). The van der Waals surface area contributed by atoms with E-state index in [1.54, 1.807) is 0 Å². The lowest BCUT2D eigenvalue weighted by Gasteiger charge is -2.16. The van der Waals surface area contributed by atoms with Crippen LogP contribution < -0.4 is 9.46 Å². The van der Waals surface area contributed by atoms with Gasteiger partial charge in [-0.15, -0.1) is 0 Å². The number of hydrogen-bond acceptors (Lipinski definition) is 5. The first-order valence-electron chi connectivity index (χ1n) is 6.17. The second-order valence-corrected chi connectivity index (χ2v) is 6.57. The van der Waals surface area contributed by atoms with Crippen molar-refractivity contribution in [2.75, 3.05) is 11.3 Å². The maximum Gasteiger partial charge on any atom is 0.268 e. The number of aromatic nitrogens is 2. The van der Waals surface area contributed by atoms with Gasteiger partial charge in [-0.3, -0.25) is 4.72 Å². The van der Waals surface area contributed by atoms with E-state index in [-0.39, 0.29) is 27.2 Å². The molecule has 0 amide bonds. The van der Waals surface area contributed by atoms with Gasteiger partial charge in [0.05, 0.1) is 23.5 Å². The molecule has 0 saturated heterocycles. The number of fused-ring (bicyclic) bond motifs is 1. The molecule has 0 unspecified atom stereocenters. The molecule has 0 bridgehead atoms. The molecule has 1 aliphatic heterocycles. The summed E-state index contributed by atoms with van der Waals surface area (Å²) in [6.45, 7) is 1.05. The standard InChI is InChI=1S/C12H12ClN3O4S/c13-9-3-2-8(17)6-10(9)15-21(18,19)11-7-14-16-4-1-5-20-12(11)16/h2-3,6-7,15,17H,1,4-5H2. The van der Waals surface area contributed by atoms with Crippen molar-refractivity contribution in [3.63, 3.8) is 0 Å². The van der Waals surface area contributed by atoms with Gasteiger partial charge in [0.1, 0.15) is 5.75 Å². The van der Waals surface area contributed by atoms with Crippen LogP contribution >= 0.6 is 11.6 Å². The van der Waals surface area contributed by atoms with Gasteiger partial charge in [0.15, 0.2) is 4.90 Å². The Morgan fingerprint density at radius 2 is 2.24 bits per heavy atom. The molecule has 0 fully saturated rings. The fraction of sp³-hybridized carbons (Fsp3) is 0.250. The Bertz CT molecular complexity index is 788. The van der Waals surface area contributed by atoms with Crippen molar-refractivity contribution >= 4 is 27.3 Å². The van der Waals surface area contributed by atoms with E-state index in [4.69, 9.17) is 16.3 Å². The summed E-state index contributed by atoms with van der Waals surface area (Å²) in [5.74, 6) is 0.121. The number of benzene rings is 1. The van der Waals surface area contributed by atoms with Gasteiger partial charge < -0.3 is 9.84 Å². The molecule has 1 aromatic heterocycles. The summed E-state index contributed by atoms with van der Waals surface area (Å²) in [4.78, 5) is -0.0541. The second kappa shape index (κ2) is 5.12. The van der Waals surface area contributed by atoms with E-state index in [1.807, 2.05) is 0 Å². The van der Waals surface area contributed by atoms with Gasteiger partial charge in [0, 0.05) is 19.0 Å². The molecule has 0 aliphatic carbocycles. The summed E-state index contributed by atoms with van der Waals surface area (Å²) in [6, 6.07) is 4.00. The Morgan fingerprint density at radius 1 is 1.43 bits per heavy atom. The summed E-state index contributed by atoms with van der Waals surface area (Å²) < 4.78 is 34.0. The zero-order valence-corrected chi connectivity index (χ0v) is 12.4. The van der Waals surface area contributed by atoms with E-state index in [1.165, 1.54) is 29.1 Å². The normalized spacial score (nSPS) is 14.3. The molecule has 0 radical (unpaired) electrons. The number of nitrogens with one attached hydrogen (secondary N) is 1. The first-order valence-corrected chi connectivity index (χ1v) is 8.03. The molecule has 2 aromatic rings. The predicted octanol–water partition coefficient (Wildman–Crippen LogP) is 1.83. The minimum atomic E-state index is -3.90. The average Bonchev–Trinajstić information content (AvgIpc) is 2.87. The third kappa shape index (κ3) is 2.64. The summed E-state index contributed by atoms with van der Waals surface area (Å²) in [5.41, 5.74) is 0.0902. The van der Waals surface area contributed by atoms with Crippen LogP contribution in [0.2, 0.25) is 5.02 Å². The molecular formula is C12H12ClN3O4S. The third-order valence-electron chi connectivity index (χ3n) is 3.00. The molecular weight excluding hydrogens is 318 g/mol. The number of ether oxygens (including phenoxy) is 1. The summed E-state index contributed by atoms with van der Waals surface area (Å²) >= 11 is 5.92. The lowest BCUT2D eigenvalue weighted by molar-refractivity contribution is 0.224. The zero-order valence-electron chi connectivity index (χ0n) is 10.8. The topological polar surface area (TPSA) is 93.5 Å². The molecule has 0 atom stereocenters. The number of anilines is 1. The van der Waals surface area contributed by atoms with Crippen molar-refractivity contribution in [1.29, 1.82) is 0 Å². The Kier molecular flexibility index (Phi) is 3.42. The van der Waals surface area contributed by atoms with Crippen molar-refractivity contribution in [2.45, 2.75) is 17.9 Å². The molecule has 0 saturated carbocycles. The SMILES string of the molecule is O=S(=O)(Nc1cc(O)ccc1Cl)c1cnn2c1OCCC2. The van der Waals surface area contributed by atoms with E-state index < -0.39 is 10.0 Å². The zero-order chi connectivity index (χ0) is 15.0. The van der Waals surface area contributed by atoms with Crippen LogP contribution in [0, 0.1) is 0 Å². The number of rotatable bonds is 3. The van der Waals surface area contributed by atoms with Crippen LogP contribution in [0.1, 0.15) is 6.42 Å². The highest BCUT2D eigenvalue weighted by molar-refractivity contribution is 7.92. The molecule has 9 heteroatoms. The van der Waals surface area contributed by atoms with Crippen molar-refractivity contribution in [3.05, 3.63) is 29.4 Å². The fourth-order valence-electron chi connectivity index (χ4n) is 2.02. The minimum absolute atomic E-state index is 0.0541. The minimum Gasteiger partial charge on any atom is -0.508 e. The van der Waals surface area contributed by atoms with Crippen molar-refractivity contribution in [3.8, 4) is 11.6 Å².